The van der Waals surface area contributed by atoms with Gasteiger partial charge in [-0.2, -0.15) is 0 Å². The quantitative estimate of drug-likeness (QED) is 0.778. The number of anilines is 1. The Bertz CT molecular complexity index is 474. The lowest BCUT2D eigenvalue weighted by atomic mass is 9.97. The lowest BCUT2D eigenvalue weighted by molar-refractivity contribution is 0.414. The Kier molecular flexibility index (Phi) is 3.62. The lowest BCUT2D eigenvalue weighted by Gasteiger charge is -2.21. The van der Waals surface area contributed by atoms with Crippen molar-refractivity contribution in [2.24, 2.45) is 5.41 Å². The molecule has 0 spiro atoms. The summed E-state index contributed by atoms with van der Waals surface area (Å²) < 4.78 is 5.29. The number of nitrogens with zero attached hydrogens (tertiary/aromatic N) is 1. The number of hydrogen-bond donors (Lipinski definition) is 0. The van der Waals surface area contributed by atoms with Crippen LogP contribution in [0.15, 0.2) is 34.2 Å². The van der Waals surface area contributed by atoms with Crippen molar-refractivity contribution in [2.45, 2.75) is 32.6 Å². The normalized spacial score (nSPS) is 17.2. The van der Waals surface area contributed by atoms with Gasteiger partial charge in [-0.25, -0.2) is 0 Å². The molecule has 0 aliphatic carbocycles. The predicted molar refractivity (Wildman–Crippen MR) is 79.4 cm³/mol. The zero-order valence-corrected chi connectivity index (χ0v) is 12.6. The van der Waals surface area contributed by atoms with E-state index in [9.17, 15) is 0 Å². The Morgan fingerprint density at radius 1 is 1.33 bits per heavy atom. The number of fused-ring (bicyclic) bond motifs is 1. The van der Waals surface area contributed by atoms with Crippen LogP contribution in [0.4, 0.5) is 5.69 Å². The third kappa shape index (κ3) is 2.66. The van der Waals surface area contributed by atoms with E-state index in [4.69, 9.17) is 4.74 Å². The van der Waals surface area contributed by atoms with Crippen LogP contribution in [-0.4, -0.2) is 13.7 Å². The summed E-state index contributed by atoms with van der Waals surface area (Å²) in [5, 5.41) is 1.33. The van der Waals surface area contributed by atoms with Crippen molar-refractivity contribution in [3.63, 3.8) is 0 Å². The van der Waals surface area contributed by atoms with E-state index < -0.39 is 0 Å². The number of methoxy groups -OCH3 is 1. The second-order valence-corrected chi connectivity index (χ2v) is 6.59. The van der Waals surface area contributed by atoms with Gasteiger partial charge in [-0.05, 0) is 36.6 Å². The second kappa shape index (κ2) is 4.88. The maximum atomic E-state index is 5.29. The highest BCUT2D eigenvalue weighted by atomic mass is 32.2. The van der Waals surface area contributed by atoms with Gasteiger partial charge in [-0.1, -0.05) is 32.5 Å². The van der Waals surface area contributed by atoms with Gasteiger partial charge < -0.3 is 9.64 Å². The van der Waals surface area contributed by atoms with Crippen molar-refractivity contribution < 1.29 is 4.74 Å². The monoisotopic (exact) mass is 263 g/mol. The van der Waals surface area contributed by atoms with Gasteiger partial charge in [0.1, 0.15) is 5.75 Å². The van der Waals surface area contributed by atoms with Crippen LogP contribution in [0.5, 0.6) is 5.75 Å². The molecule has 3 heteroatoms. The highest BCUT2D eigenvalue weighted by molar-refractivity contribution is 8.03. The van der Waals surface area contributed by atoms with E-state index in [1.54, 1.807) is 7.11 Å². The Labute approximate surface area is 114 Å². The van der Waals surface area contributed by atoms with Crippen molar-refractivity contribution in [3.05, 3.63) is 29.3 Å². The Hall–Kier alpha value is -1.09. The highest BCUT2D eigenvalue weighted by Gasteiger charge is 2.25. The van der Waals surface area contributed by atoms with E-state index in [0.717, 1.165) is 12.3 Å². The first-order chi connectivity index (χ1) is 8.44. The van der Waals surface area contributed by atoms with E-state index in [1.807, 2.05) is 17.8 Å². The van der Waals surface area contributed by atoms with E-state index in [0.29, 0.717) is 0 Å². The summed E-state index contributed by atoms with van der Waals surface area (Å²) in [7, 11) is 1.71. The summed E-state index contributed by atoms with van der Waals surface area (Å²) in [6.07, 6.45) is 2.34. The molecule has 1 aromatic rings. The van der Waals surface area contributed by atoms with E-state index in [2.05, 4.69) is 50.8 Å². The molecule has 1 aromatic carbocycles. The molecule has 0 atom stereocenters. The first-order valence-corrected chi connectivity index (χ1v) is 7.12. The number of ether oxygens (including phenoxy) is 1. The summed E-state index contributed by atoms with van der Waals surface area (Å²) in [5.41, 5.74) is 1.49. The van der Waals surface area contributed by atoms with Crippen LogP contribution in [0.25, 0.3) is 0 Å². The Morgan fingerprint density at radius 2 is 2.06 bits per heavy atom. The molecule has 0 radical (unpaired) electrons. The zero-order valence-electron chi connectivity index (χ0n) is 11.8. The van der Waals surface area contributed by atoms with Crippen LogP contribution in [0.1, 0.15) is 27.7 Å². The van der Waals surface area contributed by atoms with Crippen LogP contribution in [0.2, 0.25) is 0 Å². The van der Waals surface area contributed by atoms with Crippen LogP contribution in [0.3, 0.4) is 0 Å². The van der Waals surface area contributed by atoms with Gasteiger partial charge in [-0.15, -0.1) is 0 Å². The summed E-state index contributed by atoms with van der Waals surface area (Å²) in [4.78, 5) is 3.65. The molecule has 98 valence electrons. The van der Waals surface area contributed by atoms with Gasteiger partial charge in [0.25, 0.3) is 0 Å². The van der Waals surface area contributed by atoms with Crippen molar-refractivity contribution in [1.82, 2.24) is 0 Å². The minimum Gasteiger partial charge on any atom is -0.497 e. The molecule has 1 aliphatic rings. The highest BCUT2D eigenvalue weighted by Crippen LogP contribution is 2.48. The van der Waals surface area contributed by atoms with Crippen LogP contribution in [-0.2, 0) is 0 Å². The SMILES string of the molecule is CCN1/C(=C/C(C)(C)C)Sc2cc(OC)ccc21. The van der Waals surface area contributed by atoms with Gasteiger partial charge in [0.15, 0.2) is 0 Å². The first kappa shape index (κ1) is 13.3. The van der Waals surface area contributed by atoms with Gasteiger partial charge in [-0.3, -0.25) is 0 Å². The fourth-order valence-corrected chi connectivity index (χ4v) is 3.45. The zero-order chi connectivity index (χ0) is 13.3. The maximum absolute atomic E-state index is 5.29. The molecule has 0 saturated heterocycles. The van der Waals surface area contributed by atoms with Gasteiger partial charge >= 0.3 is 0 Å². The number of thioether (sulfide) groups is 1. The number of allylic oxidation sites excluding steroid dienone is 1. The van der Waals surface area contributed by atoms with Crippen molar-refractivity contribution >= 4 is 17.4 Å². The minimum atomic E-state index is 0.196. The number of benzene rings is 1. The summed E-state index contributed by atoms with van der Waals surface area (Å²) >= 11 is 1.83. The molecule has 0 N–H and O–H groups in total. The van der Waals surface area contributed by atoms with Crippen molar-refractivity contribution in [1.29, 1.82) is 0 Å². The van der Waals surface area contributed by atoms with Gasteiger partial charge in [0.05, 0.1) is 17.8 Å². The largest absolute Gasteiger partial charge is 0.497 e. The van der Waals surface area contributed by atoms with Gasteiger partial charge in [0.2, 0.25) is 0 Å². The average Bonchev–Trinajstić information content (AvgIpc) is 2.62. The first-order valence-electron chi connectivity index (χ1n) is 6.31. The maximum Gasteiger partial charge on any atom is 0.120 e. The van der Waals surface area contributed by atoms with Crippen LogP contribution >= 0.6 is 11.8 Å². The van der Waals surface area contributed by atoms with Crippen molar-refractivity contribution in [3.8, 4) is 5.75 Å². The summed E-state index contributed by atoms with van der Waals surface area (Å²) in [6.45, 7) is 9.89. The molecular weight excluding hydrogens is 242 g/mol. The molecule has 0 amide bonds. The lowest BCUT2D eigenvalue weighted by Crippen LogP contribution is -2.18. The third-order valence-electron chi connectivity index (χ3n) is 2.81. The average molecular weight is 263 g/mol. The molecule has 0 saturated carbocycles. The van der Waals surface area contributed by atoms with Crippen LogP contribution in [0, 0.1) is 5.41 Å². The molecule has 0 fully saturated rings. The minimum absolute atomic E-state index is 0.196. The molecule has 2 nitrogen and oxygen atoms in total. The van der Waals surface area contributed by atoms with E-state index in [-0.39, 0.29) is 5.41 Å². The standard InChI is InChI=1S/C15H21NOS/c1-6-16-12-8-7-11(17-5)9-13(12)18-14(16)10-15(2,3)4/h7-10H,6H2,1-5H3/b14-10-. The molecule has 1 heterocycles. The fraction of sp³-hybridized carbons (Fsp3) is 0.467. The Morgan fingerprint density at radius 3 is 2.61 bits per heavy atom. The smallest absolute Gasteiger partial charge is 0.120 e. The molecule has 2 rings (SSSR count). The molecule has 0 bridgehead atoms. The number of hydrogen-bond acceptors (Lipinski definition) is 3. The van der Waals surface area contributed by atoms with E-state index in [1.165, 1.54) is 15.6 Å². The summed E-state index contributed by atoms with van der Waals surface area (Å²) in [5.74, 6) is 0.925. The Balaban J connectivity index is 2.39. The molecular formula is C15H21NOS. The van der Waals surface area contributed by atoms with Crippen LogP contribution < -0.4 is 9.64 Å². The van der Waals surface area contributed by atoms with Gasteiger partial charge in [0, 0.05) is 11.4 Å². The number of rotatable bonds is 2. The summed E-state index contributed by atoms with van der Waals surface area (Å²) in [6, 6.07) is 6.29. The topological polar surface area (TPSA) is 12.5 Å². The van der Waals surface area contributed by atoms with Crippen molar-refractivity contribution in [2.75, 3.05) is 18.6 Å². The molecule has 18 heavy (non-hydrogen) atoms. The molecule has 0 unspecified atom stereocenters. The van der Waals surface area contributed by atoms with E-state index >= 15 is 0 Å². The predicted octanol–water partition coefficient (Wildman–Crippen LogP) is 4.51. The fourth-order valence-electron chi connectivity index (χ4n) is 2.02. The molecule has 1 aliphatic heterocycles. The molecule has 0 aromatic heterocycles. The third-order valence-corrected chi connectivity index (χ3v) is 3.91. The second-order valence-electron chi connectivity index (χ2n) is 5.53.